The minimum absolute atomic E-state index is 0.0175. The second-order valence-corrected chi connectivity index (χ2v) is 4.35. The zero-order valence-electron chi connectivity index (χ0n) is 10.6. The van der Waals surface area contributed by atoms with E-state index in [1.165, 1.54) is 0 Å². The van der Waals surface area contributed by atoms with E-state index in [1.54, 1.807) is 0 Å². The van der Waals surface area contributed by atoms with Crippen molar-refractivity contribution in [1.82, 2.24) is 4.90 Å². The van der Waals surface area contributed by atoms with Gasteiger partial charge in [-0.25, -0.2) is 0 Å². The normalized spacial score (nSPS) is 12.9. The Morgan fingerprint density at radius 3 is 2.20 bits per heavy atom. The largest absolute Gasteiger partial charge is 0.340 e. The minimum Gasteiger partial charge on any atom is -0.340 e. The summed E-state index contributed by atoms with van der Waals surface area (Å²) < 4.78 is 0. The summed E-state index contributed by atoms with van der Waals surface area (Å²) in [7, 11) is 0. The molecule has 0 bridgehead atoms. The van der Waals surface area contributed by atoms with Crippen molar-refractivity contribution < 1.29 is 4.79 Å². The van der Waals surface area contributed by atoms with Crippen molar-refractivity contribution in [3.8, 4) is 0 Å². The molecule has 0 aromatic rings. The minimum atomic E-state index is 0.0175. The van der Waals surface area contributed by atoms with Gasteiger partial charge in [-0.15, -0.1) is 0 Å². The quantitative estimate of drug-likeness (QED) is 0.704. The fourth-order valence-corrected chi connectivity index (χ4v) is 1.79. The number of amides is 1. The van der Waals surface area contributed by atoms with Gasteiger partial charge in [0.25, 0.3) is 0 Å². The highest BCUT2D eigenvalue weighted by Gasteiger charge is 2.23. The fourth-order valence-electron chi connectivity index (χ4n) is 1.79. The van der Waals surface area contributed by atoms with Crippen LogP contribution in [0.25, 0.3) is 0 Å². The Balaban J connectivity index is 4.44. The Morgan fingerprint density at radius 2 is 1.87 bits per heavy atom. The zero-order valence-corrected chi connectivity index (χ0v) is 10.6. The molecule has 1 unspecified atom stereocenters. The summed E-state index contributed by atoms with van der Waals surface area (Å²) in [6.07, 6.45) is 2.93. The van der Waals surface area contributed by atoms with Gasteiger partial charge in [0, 0.05) is 19.1 Å². The molecule has 90 valence electrons. The predicted molar refractivity (Wildman–Crippen MR) is 64.6 cm³/mol. The monoisotopic (exact) mass is 214 g/mol. The van der Waals surface area contributed by atoms with E-state index in [-0.39, 0.29) is 17.9 Å². The number of hydrogen-bond donors (Lipinski definition) is 1. The first-order valence-corrected chi connectivity index (χ1v) is 6.08. The van der Waals surface area contributed by atoms with Crippen molar-refractivity contribution in [2.75, 3.05) is 13.1 Å². The maximum atomic E-state index is 12.1. The average Bonchev–Trinajstić information content (AvgIpc) is 2.21. The summed E-state index contributed by atoms with van der Waals surface area (Å²) in [5, 5.41) is 0. The summed E-state index contributed by atoms with van der Waals surface area (Å²) >= 11 is 0. The van der Waals surface area contributed by atoms with E-state index in [1.807, 2.05) is 4.90 Å². The van der Waals surface area contributed by atoms with E-state index < -0.39 is 0 Å². The summed E-state index contributed by atoms with van der Waals surface area (Å²) in [5.74, 6) is 0.250. The van der Waals surface area contributed by atoms with Crippen molar-refractivity contribution >= 4 is 5.91 Å². The van der Waals surface area contributed by atoms with Gasteiger partial charge in [-0.2, -0.15) is 0 Å². The summed E-state index contributed by atoms with van der Waals surface area (Å²) in [6.45, 7) is 9.63. The van der Waals surface area contributed by atoms with Crippen LogP contribution in [-0.4, -0.2) is 29.9 Å². The number of nitrogens with zero attached hydrogens (tertiary/aromatic N) is 1. The third-order valence-corrected chi connectivity index (χ3v) is 2.64. The maximum Gasteiger partial charge on any atom is 0.227 e. The highest BCUT2D eigenvalue weighted by molar-refractivity contribution is 5.79. The molecule has 0 radical (unpaired) electrons. The van der Waals surface area contributed by atoms with E-state index in [0.717, 1.165) is 25.8 Å². The van der Waals surface area contributed by atoms with Gasteiger partial charge in [0.15, 0.2) is 0 Å². The molecule has 0 rings (SSSR count). The van der Waals surface area contributed by atoms with Gasteiger partial charge in [-0.05, 0) is 26.7 Å². The van der Waals surface area contributed by atoms with E-state index in [2.05, 4.69) is 27.7 Å². The molecule has 1 amide bonds. The fraction of sp³-hybridized carbons (Fsp3) is 0.917. The Labute approximate surface area is 94.0 Å². The van der Waals surface area contributed by atoms with Crippen LogP contribution >= 0.6 is 0 Å². The van der Waals surface area contributed by atoms with E-state index in [4.69, 9.17) is 5.73 Å². The van der Waals surface area contributed by atoms with Crippen molar-refractivity contribution in [2.45, 2.75) is 53.0 Å². The molecule has 15 heavy (non-hydrogen) atoms. The second-order valence-electron chi connectivity index (χ2n) is 4.35. The molecule has 1 atom stereocenters. The van der Waals surface area contributed by atoms with Crippen LogP contribution in [0.5, 0.6) is 0 Å². The Morgan fingerprint density at radius 1 is 1.27 bits per heavy atom. The van der Waals surface area contributed by atoms with E-state index in [0.29, 0.717) is 6.54 Å². The number of nitrogens with two attached hydrogens (primary N) is 1. The van der Waals surface area contributed by atoms with Gasteiger partial charge in [0.05, 0.1) is 5.92 Å². The highest BCUT2D eigenvalue weighted by Crippen LogP contribution is 2.12. The first kappa shape index (κ1) is 14.4. The summed E-state index contributed by atoms with van der Waals surface area (Å²) in [6, 6.07) is 0.281. The average molecular weight is 214 g/mol. The van der Waals surface area contributed by atoms with Crippen molar-refractivity contribution in [2.24, 2.45) is 11.7 Å². The van der Waals surface area contributed by atoms with Crippen LogP contribution in [0.3, 0.4) is 0 Å². The third kappa shape index (κ3) is 4.65. The molecule has 0 saturated heterocycles. The van der Waals surface area contributed by atoms with Crippen molar-refractivity contribution in [3.63, 3.8) is 0 Å². The summed E-state index contributed by atoms with van der Waals surface area (Å²) in [4.78, 5) is 14.1. The molecule has 0 aliphatic heterocycles. The molecule has 0 aromatic heterocycles. The smallest absolute Gasteiger partial charge is 0.227 e. The zero-order chi connectivity index (χ0) is 11.8. The lowest BCUT2D eigenvalue weighted by Crippen LogP contribution is -2.43. The molecule has 3 heteroatoms. The van der Waals surface area contributed by atoms with E-state index >= 15 is 0 Å². The lowest BCUT2D eigenvalue weighted by Gasteiger charge is -2.30. The lowest BCUT2D eigenvalue weighted by atomic mass is 10.0. The van der Waals surface area contributed by atoms with Gasteiger partial charge < -0.3 is 10.6 Å². The van der Waals surface area contributed by atoms with Crippen LogP contribution in [0.2, 0.25) is 0 Å². The molecule has 2 N–H and O–H groups in total. The molecule has 0 fully saturated rings. The number of carbonyl (C=O) groups excluding carboxylic acids is 1. The lowest BCUT2D eigenvalue weighted by molar-refractivity contribution is -0.137. The molecule has 0 aliphatic rings. The topological polar surface area (TPSA) is 46.3 Å². The first-order valence-electron chi connectivity index (χ1n) is 6.08. The molecule has 0 spiro atoms. The second kappa shape index (κ2) is 7.69. The predicted octanol–water partition coefficient (Wildman–Crippen LogP) is 2.01. The standard InChI is InChI=1S/C12H26N2O/c1-5-7-11(9-13)12(15)14(8-6-2)10(3)4/h10-11H,5-9,13H2,1-4H3. The summed E-state index contributed by atoms with van der Waals surface area (Å²) in [5.41, 5.74) is 5.65. The molecule has 0 saturated carbocycles. The first-order chi connectivity index (χ1) is 7.08. The maximum absolute atomic E-state index is 12.1. The van der Waals surface area contributed by atoms with Crippen LogP contribution in [-0.2, 0) is 4.79 Å². The molecular weight excluding hydrogens is 188 g/mol. The van der Waals surface area contributed by atoms with Gasteiger partial charge in [0.1, 0.15) is 0 Å². The van der Waals surface area contributed by atoms with Gasteiger partial charge in [-0.1, -0.05) is 20.3 Å². The van der Waals surface area contributed by atoms with E-state index in [9.17, 15) is 4.79 Å². The van der Waals surface area contributed by atoms with Crippen LogP contribution in [0.1, 0.15) is 47.0 Å². The molecule has 3 nitrogen and oxygen atoms in total. The molecule has 0 aliphatic carbocycles. The number of carbonyl (C=O) groups is 1. The van der Waals surface area contributed by atoms with Crippen LogP contribution in [0.4, 0.5) is 0 Å². The highest BCUT2D eigenvalue weighted by atomic mass is 16.2. The SMILES string of the molecule is CCCC(CN)C(=O)N(CCC)C(C)C. The molecule has 0 aromatic carbocycles. The number of hydrogen-bond acceptors (Lipinski definition) is 2. The van der Waals surface area contributed by atoms with Crippen LogP contribution in [0, 0.1) is 5.92 Å². The van der Waals surface area contributed by atoms with Crippen LogP contribution in [0.15, 0.2) is 0 Å². The van der Waals surface area contributed by atoms with Gasteiger partial charge >= 0.3 is 0 Å². The third-order valence-electron chi connectivity index (χ3n) is 2.64. The molecule has 0 heterocycles. The van der Waals surface area contributed by atoms with Gasteiger partial charge in [0.2, 0.25) is 5.91 Å². The number of rotatable bonds is 7. The Kier molecular flexibility index (Phi) is 7.39. The van der Waals surface area contributed by atoms with Gasteiger partial charge in [-0.3, -0.25) is 4.79 Å². The van der Waals surface area contributed by atoms with Crippen LogP contribution < -0.4 is 5.73 Å². The van der Waals surface area contributed by atoms with Crippen molar-refractivity contribution in [3.05, 3.63) is 0 Å². The Bertz CT molecular complexity index is 180. The Hall–Kier alpha value is -0.570. The van der Waals surface area contributed by atoms with Crippen molar-refractivity contribution in [1.29, 1.82) is 0 Å². The molecular formula is C12H26N2O.